The van der Waals surface area contributed by atoms with Gasteiger partial charge in [0.25, 0.3) is 0 Å². The van der Waals surface area contributed by atoms with Crippen LogP contribution in [-0.4, -0.2) is 28.3 Å². The lowest BCUT2D eigenvalue weighted by atomic mass is 9.78. The van der Waals surface area contributed by atoms with E-state index in [0.717, 1.165) is 37.8 Å². The van der Waals surface area contributed by atoms with Gasteiger partial charge >= 0.3 is 6.03 Å². The van der Waals surface area contributed by atoms with Crippen molar-refractivity contribution in [2.75, 3.05) is 0 Å². The van der Waals surface area contributed by atoms with Gasteiger partial charge in [-0.15, -0.1) is 0 Å². The number of benzene rings is 1. The first-order chi connectivity index (χ1) is 13.5. The van der Waals surface area contributed by atoms with Crippen molar-refractivity contribution in [1.29, 1.82) is 0 Å². The molecular weight excluding hydrogens is 346 g/mol. The molecule has 0 spiro atoms. The number of amides is 2. The molecule has 0 radical (unpaired) electrons. The highest BCUT2D eigenvalue weighted by atomic mass is 16.2. The van der Waals surface area contributed by atoms with Gasteiger partial charge in [-0.25, -0.2) is 9.80 Å². The molecule has 2 aliphatic rings. The fourth-order valence-electron chi connectivity index (χ4n) is 4.79. The topological polar surface area (TPSA) is 44.7 Å². The van der Waals surface area contributed by atoms with Crippen LogP contribution in [0.4, 0.5) is 4.79 Å². The van der Waals surface area contributed by atoms with Crippen molar-refractivity contribution < 1.29 is 4.79 Å². The highest BCUT2D eigenvalue weighted by Crippen LogP contribution is 2.41. The molecule has 1 aromatic carbocycles. The Balaban J connectivity index is 1.79. The summed E-state index contributed by atoms with van der Waals surface area (Å²) in [6.07, 6.45) is 11.7. The van der Waals surface area contributed by atoms with E-state index >= 15 is 0 Å². The first-order valence-electron chi connectivity index (χ1n) is 11.3. The van der Waals surface area contributed by atoms with E-state index in [0.29, 0.717) is 0 Å². The number of nitrogens with zero attached hydrogens (tertiary/aromatic N) is 2. The third kappa shape index (κ3) is 4.76. The maximum atomic E-state index is 13.2. The molecule has 0 saturated heterocycles. The summed E-state index contributed by atoms with van der Waals surface area (Å²) < 4.78 is 0. The second-order valence-corrected chi connectivity index (χ2v) is 9.00. The van der Waals surface area contributed by atoms with Gasteiger partial charge in [0.15, 0.2) is 0 Å². The van der Waals surface area contributed by atoms with Crippen molar-refractivity contribution in [1.82, 2.24) is 10.3 Å². The van der Waals surface area contributed by atoms with E-state index in [9.17, 15) is 4.79 Å². The molecule has 0 bridgehead atoms. The smallest absolute Gasteiger partial charge is 0.334 e. The molecule has 2 amide bonds. The van der Waals surface area contributed by atoms with Crippen molar-refractivity contribution in [3.63, 3.8) is 0 Å². The number of carbonyl (C=O) groups excluding carboxylic acids is 1. The van der Waals surface area contributed by atoms with E-state index in [4.69, 9.17) is 5.10 Å². The zero-order valence-corrected chi connectivity index (χ0v) is 17.9. The number of nitrogens with one attached hydrogen (secondary N) is 1. The largest absolute Gasteiger partial charge is 0.338 e. The van der Waals surface area contributed by atoms with E-state index in [2.05, 4.69) is 50.4 Å². The number of urea groups is 1. The summed E-state index contributed by atoms with van der Waals surface area (Å²) in [7, 11) is 0. The van der Waals surface area contributed by atoms with Crippen molar-refractivity contribution in [2.45, 2.75) is 102 Å². The minimum absolute atomic E-state index is 0.0250. The zero-order valence-electron chi connectivity index (χ0n) is 17.9. The molecule has 4 nitrogen and oxygen atoms in total. The Bertz CT molecular complexity index is 660. The van der Waals surface area contributed by atoms with Crippen LogP contribution in [0.15, 0.2) is 35.4 Å². The molecule has 28 heavy (non-hydrogen) atoms. The first-order valence-corrected chi connectivity index (χ1v) is 11.3. The lowest BCUT2D eigenvalue weighted by molar-refractivity contribution is 0.141. The molecule has 1 unspecified atom stereocenters. The molecule has 1 saturated carbocycles. The summed E-state index contributed by atoms with van der Waals surface area (Å²) in [5, 5.41) is 9.94. The van der Waals surface area contributed by atoms with E-state index in [1.54, 1.807) is 5.01 Å². The van der Waals surface area contributed by atoms with Gasteiger partial charge in [0, 0.05) is 17.7 Å². The number of hydrogen-bond donors (Lipinski definition) is 1. The summed E-state index contributed by atoms with van der Waals surface area (Å²) in [4.78, 5) is 13.2. The first kappa shape index (κ1) is 20.9. The maximum Gasteiger partial charge on any atom is 0.338 e. The Morgan fingerprint density at radius 3 is 2.39 bits per heavy atom. The van der Waals surface area contributed by atoms with Crippen molar-refractivity contribution >= 4 is 11.7 Å². The lowest BCUT2D eigenvalue weighted by Gasteiger charge is -2.35. The molecule has 1 aromatic rings. The number of carbonyl (C=O) groups is 1. The van der Waals surface area contributed by atoms with Crippen LogP contribution in [0.5, 0.6) is 0 Å². The molecule has 1 heterocycles. The molecule has 0 aromatic heterocycles. The third-order valence-electron chi connectivity index (χ3n) is 6.36. The van der Waals surface area contributed by atoms with Crippen LogP contribution in [0.3, 0.4) is 0 Å². The minimum atomic E-state index is -0.365. The van der Waals surface area contributed by atoms with Crippen LogP contribution in [0.25, 0.3) is 0 Å². The molecule has 1 N–H and O–H groups in total. The van der Waals surface area contributed by atoms with Crippen LogP contribution in [0, 0.1) is 0 Å². The molecule has 4 heteroatoms. The molecular formula is C24H37N3O. The van der Waals surface area contributed by atoms with Crippen LogP contribution in [0.1, 0.15) is 96.5 Å². The average Bonchev–Trinajstić information content (AvgIpc) is 2.93. The van der Waals surface area contributed by atoms with E-state index in [1.165, 1.54) is 37.7 Å². The maximum absolute atomic E-state index is 13.2. The quantitative estimate of drug-likeness (QED) is 0.643. The average molecular weight is 384 g/mol. The summed E-state index contributed by atoms with van der Waals surface area (Å²) in [6, 6.07) is 10.8. The molecule has 1 aliphatic carbocycles. The standard InChI is InChI=1S/C24H37N3O/c1-4-5-18-21-22(19-14-10-9-11-15-19)24(2,3)27(26-21)23(28)25-20-16-12-7-6-8-13-17-20/h9-11,14-15,20,22H,4-8,12-13,16-18H2,1-3H3,(H,25,28). The second-order valence-electron chi connectivity index (χ2n) is 9.00. The molecule has 1 fully saturated rings. The summed E-state index contributed by atoms with van der Waals surface area (Å²) in [6.45, 7) is 6.52. The Morgan fingerprint density at radius 2 is 1.75 bits per heavy atom. The van der Waals surface area contributed by atoms with Gasteiger partial charge in [-0.1, -0.05) is 75.8 Å². The predicted molar refractivity (Wildman–Crippen MR) is 117 cm³/mol. The molecule has 1 aliphatic heterocycles. The van der Waals surface area contributed by atoms with Gasteiger partial charge in [-0.05, 0) is 45.1 Å². The summed E-state index contributed by atoms with van der Waals surface area (Å²) in [5.74, 6) is 0.156. The Morgan fingerprint density at radius 1 is 1.11 bits per heavy atom. The number of unbranched alkanes of at least 4 members (excludes halogenated alkanes) is 1. The van der Waals surface area contributed by atoms with Gasteiger partial charge in [-0.3, -0.25) is 0 Å². The van der Waals surface area contributed by atoms with E-state index in [-0.39, 0.29) is 23.5 Å². The van der Waals surface area contributed by atoms with Gasteiger partial charge in [0.1, 0.15) is 0 Å². The van der Waals surface area contributed by atoms with Crippen LogP contribution in [-0.2, 0) is 0 Å². The van der Waals surface area contributed by atoms with Gasteiger partial charge in [0.2, 0.25) is 0 Å². The SMILES string of the molecule is CCCCC1=NN(C(=O)NC2CCCCCCC2)C(C)(C)C1c1ccccc1. The molecule has 1 atom stereocenters. The van der Waals surface area contributed by atoms with Crippen LogP contribution >= 0.6 is 0 Å². The Hall–Kier alpha value is -1.84. The van der Waals surface area contributed by atoms with Crippen LogP contribution in [0.2, 0.25) is 0 Å². The Kier molecular flexibility index (Phi) is 7.14. The molecule has 3 rings (SSSR count). The van der Waals surface area contributed by atoms with Crippen molar-refractivity contribution in [3.8, 4) is 0 Å². The number of hydrazone groups is 1. The normalized spacial score (nSPS) is 23.0. The highest BCUT2D eigenvalue weighted by molar-refractivity contribution is 5.96. The highest BCUT2D eigenvalue weighted by Gasteiger charge is 2.47. The van der Waals surface area contributed by atoms with Crippen molar-refractivity contribution in [2.24, 2.45) is 5.10 Å². The Labute approximate surface area is 170 Å². The van der Waals surface area contributed by atoms with Gasteiger partial charge < -0.3 is 5.32 Å². The van der Waals surface area contributed by atoms with Gasteiger partial charge in [-0.2, -0.15) is 5.10 Å². The fourth-order valence-corrected chi connectivity index (χ4v) is 4.79. The molecule has 154 valence electrons. The second kappa shape index (κ2) is 9.58. The minimum Gasteiger partial charge on any atom is -0.334 e. The number of rotatable bonds is 5. The zero-order chi connectivity index (χ0) is 20.0. The summed E-state index contributed by atoms with van der Waals surface area (Å²) >= 11 is 0. The van der Waals surface area contributed by atoms with E-state index < -0.39 is 0 Å². The van der Waals surface area contributed by atoms with Crippen molar-refractivity contribution in [3.05, 3.63) is 35.9 Å². The third-order valence-corrected chi connectivity index (χ3v) is 6.36. The van der Waals surface area contributed by atoms with Gasteiger partial charge in [0.05, 0.1) is 5.54 Å². The monoisotopic (exact) mass is 383 g/mol. The van der Waals surface area contributed by atoms with E-state index in [1.807, 2.05) is 6.07 Å². The summed E-state index contributed by atoms with van der Waals surface area (Å²) in [5.41, 5.74) is 2.03. The predicted octanol–water partition coefficient (Wildman–Crippen LogP) is 6.23. The number of hydrogen-bond acceptors (Lipinski definition) is 2. The lowest BCUT2D eigenvalue weighted by Crippen LogP contribution is -2.51. The fraction of sp³-hybridized carbons (Fsp3) is 0.667. The van der Waals surface area contributed by atoms with Crippen LogP contribution < -0.4 is 5.32 Å².